The summed E-state index contributed by atoms with van der Waals surface area (Å²) in [5, 5.41) is 8.86. The highest BCUT2D eigenvalue weighted by Gasteiger charge is 2.18. The first-order valence-electron chi connectivity index (χ1n) is 5.21. The molecule has 1 N–H and O–H groups in total. The number of hydrogen-bond donors (Lipinski definition) is 1. The lowest BCUT2D eigenvalue weighted by Gasteiger charge is -2.11. The highest BCUT2D eigenvalue weighted by Crippen LogP contribution is 2.22. The molecule has 0 aromatic heterocycles. The van der Waals surface area contributed by atoms with E-state index in [2.05, 4.69) is 4.72 Å². The molecule has 1 aromatic carbocycles. The van der Waals surface area contributed by atoms with E-state index in [1.807, 2.05) is 25.1 Å². The van der Waals surface area contributed by atoms with Gasteiger partial charge in [-0.1, -0.05) is 11.6 Å². The molecule has 0 saturated heterocycles. The van der Waals surface area contributed by atoms with Crippen LogP contribution in [0.5, 0.6) is 0 Å². The smallest absolute Gasteiger partial charge is 0.242 e. The minimum Gasteiger partial charge on any atom is -0.308 e. The summed E-state index contributed by atoms with van der Waals surface area (Å²) in [7, 11) is 0.0107. The van der Waals surface area contributed by atoms with Crippen molar-refractivity contribution < 1.29 is 8.42 Å². The normalized spacial score (nSPS) is 11.5. The van der Waals surface area contributed by atoms with Gasteiger partial charge in [0.05, 0.1) is 16.7 Å². The molecule has 0 bridgehead atoms. The molecule has 98 valence electrons. The predicted octanol–water partition coefficient (Wildman–Crippen LogP) is 1.05. The number of nitrogens with zero attached hydrogens (tertiary/aromatic N) is 2. The van der Waals surface area contributed by atoms with Crippen LogP contribution in [0.1, 0.15) is 5.56 Å². The summed E-state index contributed by atoms with van der Waals surface area (Å²) >= 11 is 5.84. The third-order valence-corrected chi connectivity index (χ3v) is 4.14. The number of benzene rings is 1. The standard InChI is InChI=1S/C11H14ClN3O2S/c1-15(2)6-5-14-18(16,17)11-7-9(8-13)3-4-10(11)12/h3-4,7,14H,5-6H2,1-2H3. The molecule has 7 heteroatoms. The van der Waals surface area contributed by atoms with Crippen LogP contribution in [0, 0.1) is 11.3 Å². The molecule has 5 nitrogen and oxygen atoms in total. The van der Waals surface area contributed by atoms with Crippen molar-refractivity contribution in [3.8, 4) is 6.07 Å². The van der Waals surface area contributed by atoms with E-state index >= 15 is 0 Å². The molecule has 0 aliphatic carbocycles. The fraction of sp³-hybridized carbons (Fsp3) is 0.364. The van der Waals surface area contributed by atoms with Crippen LogP contribution >= 0.6 is 11.6 Å². The van der Waals surface area contributed by atoms with E-state index in [0.29, 0.717) is 6.54 Å². The maximum atomic E-state index is 12.0. The third kappa shape index (κ3) is 3.96. The van der Waals surface area contributed by atoms with Crippen molar-refractivity contribution in [2.75, 3.05) is 27.2 Å². The number of likely N-dealkylation sites (N-methyl/N-ethyl adjacent to an activating group) is 1. The van der Waals surface area contributed by atoms with Crippen LogP contribution in [-0.2, 0) is 10.0 Å². The largest absolute Gasteiger partial charge is 0.308 e. The van der Waals surface area contributed by atoms with Gasteiger partial charge in [-0.2, -0.15) is 5.26 Å². The zero-order chi connectivity index (χ0) is 13.8. The first-order valence-corrected chi connectivity index (χ1v) is 7.07. The lowest BCUT2D eigenvalue weighted by molar-refractivity contribution is 0.412. The Labute approximate surface area is 112 Å². The Bertz CT molecular complexity index is 564. The van der Waals surface area contributed by atoms with Gasteiger partial charge in [0.1, 0.15) is 4.90 Å². The minimum absolute atomic E-state index is 0.0676. The topological polar surface area (TPSA) is 73.2 Å². The van der Waals surface area contributed by atoms with Crippen molar-refractivity contribution in [3.63, 3.8) is 0 Å². The second kappa shape index (κ2) is 6.16. The van der Waals surface area contributed by atoms with Gasteiger partial charge in [0, 0.05) is 13.1 Å². The summed E-state index contributed by atoms with van der Waals surface area (Å²) in [5.41, 5.74) is 0.257. The van der Waals surface area contributed by atoms with E-state index in [4.69, 9.17) is 16.9 Å². The minimum atomic E-state index is -3.68. The summed E-state index contributed by atoms with van der Waals surface area (Å²) in [5.74, 6) is 0. The average Bonchev–Trinajstić information content (AvgIpc) is 2.28. The van der Waals surface area contributed by atoms with Crippen molar-refractivity contribution in [1.29, 1.82) is 5.26 Å². The number of halogens is 1. The molecule has 0 aliphatic rings. The maximum Gasteiger partial charge on any atom is 0.242 e. The summed E-state index contributed by atoms with van der Waals surface area (Å²) < 4.78 is 26.4. The maximum absolute atomic E-state index is 12.0. The van der Waals surface area contributed by atoms with Crippen molar-refractivity contribution >= 4 is 21.6 Å². The van der Waals surface area contributed by atoms with Crippen LogP contribution in [0.15, 0.2) is 23.1 Å². The van der Waals surface area contributed by atoms with Gasteiger partial charge >= 0.3 is 0 Å². The van der Waals surface area contributed by atoms with E-state index in [-0.39, 0.29) is 22.0 Å². The van der Waals surface area contributed by atoms with E-state index in [0.717, 1.165) is 0 Å². The van der Waals surface area contributed by atoms with Crippen molar-refractivity contribution in [2.24, 2.45) is 0 Å². The third-order valence-electron chi connectivity index (χ3n) is 2.20. The molecule has 0 amide bonds. The molecule has 0 fully saturated rings. The molecular formula is C11H14ClN3O2S. The average molecular weight is 288 g/mol. The molecule has 18 heavy (non-hydrogen) atoms. The highest BCUT2D eigenvalue weighted by atomic mass is 35.5. The lowest BCUT2D eigenvalue weighted by Crippen LogP contribution is -2.31. The highest BCUT2D eigenvalue weighted by molar-refractivity contribution is 7.89. The first-order chi connectivity index (χ1) is 8.36. The van der Waals surface area contributed by atoms with Crippen LogP contribution in [0.3, 0.4) is 0 Å². The molecule has 0 radical (unpaired) electrons. The van der Waals surface area contributed by atoms with Gasteiger partial charge in [0.2, 0.25) is 10.0 Å². The van der Waals surface area contributed by atoms with Gasteiger partial charge in [0.25, 0.3) is 0 Å². The zero-order valence-corrected chi connectivity index (χ0v) is 11.7. The van der Waals surface area contributed by atoms with Crippen LogP contribution in [-0.4, -0.2) is 40.5 Å². The Kier molecular flexibility index (Phi) is 5.11. The Morgan fingerprint density at radius 1 is 1.44 bits per heavy atom. The number of nitrogens with one attached hydrogen (secondary N) is 1. The molecule has 0 aliphatic heterocycles. The van der Waals surface area contributed by atoms with Gasteiger partial charge in [0.15, 0.2) is 0 Å². The van der Waals surface area contributed by atoms with E-state index < -0.39 is 10.0 Å². The van der Waals surface area contributed by atoms with E-state index in [9.17, 15) is 8.42 Å². The van der Waals surface area contributed by atoms with Crippen LogP contribution in [0.4, 0.5) is 0 Å². The fourth-order valence-electron chi connectivity index (χ4n) is 1.26. The van der Waals surface area contributed by atoms with Crippen LogP contribution < -0.4 is 4.72 Å². The SMILES string of the molecule is CN(C)CCNS(=O)(=O)c1cc(C#N)ccc1Cl. The van der Waals surface area contributed by atoms with Gasteiger partial charge < -0.3 is 4.90 Å². The van der Waals surface area contributed by atoms with Gasteiger partial charge in [-0.25, -0.2) is 13.1 Å². The van der Waals surface area contributed by atoms with Gasteiger partial charge in [-0.15, -0.1) is 0 Å². The molecule has 1 aromatic rings. The summed E-state index contributed by atoms with van der Waals surface area (Å²) in [4.78, 5) is 1.79. The van der Waals surface area contributed by atoms with Crippen LogP contribution in [0.2, 0.25) is 5.02 Å². The molecule has 1 rings (SSSR count). The molecular weight excluding hydrogens is 274 g/mol. The van der Waals surface area contributed by atoms with E-state index in [1.165, 1.54) is 18.2 Å². The summed E-state index contributed by atoms with van der Waals surface area (Å²) in [6.07, 6.45) is 0. The van der Waals surface area contributed by atoms with E-state index in [1.54, 1.807) is 0 Å². The quantitative estimate of drug-likeness (QED) is 0.878. The molecule has 0 atom stereocenters. The lowest BCUT2D eigenvalue weighted by atomic mass is 10.2. The molecule has 0 saturated carbocycles. The first kappa shape index (κ1) is 14.9. The van der Waals surface area contributed by atoms with Crippen molar-refractivity contribution in [2.45, 2.75) is 4.90 Å². The molecule has 0 unspecified atom stereocenters. The Balaban J connectivity index is 2.95. The second-order valence-electron chi connectivity index (χ2n) is 3.96. The number of sulfonamides is 1. The monoisotopic (exact) mass is 287 g/mol. The summed E-state index contributed by atoms with van der Waals surface area (Å²) in [6, 6.07) is 6.02. The second-order valence-corrected chi connectivity index (χ2v) is 6.10. The fourth-order valence-corrected chi connectivity index (χ4v) is 2.80. The Morgan fingerprint density at radius 3 is 2.67 bits per heavy atom. The Hall–Kier alpha value is -1.13. The Morgan fingerprint density at radius 2 is 2.11 bits per heavy atom. The number of hydrogen-bond acceptors (Lipinski definition) is 4. The van der Waals surface area contributed by atoms with Gasteiger partial charge in [-0.3, -0.25) is 0 Å². The van der Waals surface area contributed by atoms with Crippen molar-refractivity contribution in [1.82, 2.24) is 9.62 Å². The predicted molar refractivity (Wildman–Crippen MR) is 69.9 cm³/mol. The van der Waals surface area contributed by atoms with Gasteiger partial charge in [-0.05, 0) is 32.3 Å². The number of rotatable bonds is 5. The number of nitriles is 1. The molecule has 0 spiro atoms. The molecule has 0 heterocycles. The zero-order valence-electron chi connectivity index (χ0n) is 10.1. The van der Waals surface area contributed by atoms with Crippen molar-refractivity contribution in [3.05, 3.63) is 28.8 Å². The van der Waals surface area contributed by atoms with Crippen LogP contribution in [0.25, 0.3) is 0 Å². The summed E-state index contributed by atoms with van der Waals surface area (Å²) in [6.45, 7) is 0.858.